The average molecular weight is 361 g/mol. The number of carbonyl (C=O) groups is 1. The summed E-state index contributed by atoms with van der Waals surface area (Å²) in [6, 6.07) is 3.78. The van der Waals surface area contributed by atoms with Crippen LogP contribution in [-0.4, -0.2) is 41.8 Å². The summed E-state index contributed by atoms with van der Waals surface area (Å²) in [5.74, 6) is 0.947. The Morgan fingerprint density at radius 3 is 2.92 bits per heavy atom. The highest BCUT2D eigenvalue weighted by Gasteiger charge is 2.17. The molecule has 0 radical (unpaired) electrons. The average Bonchev–Trinajstić information content (AvgIpc) is 3.04. The van der Waals surface area contributed by atoms with Crippen molar-refractivity contribution in [3.05, 3.63) is 40.0 Å². The number of aromatic nitrogens is 2. The predicted octanol–water partition coefficient (Wildman–Crippen LogP) is 2.07. The molecular weight excluding hydrogens is 338 g/mol. The first-order valence-corrected chi connectivity index (χ1v) is 9.22. The lowest BCUT2D eigenvalue weighted by atomic mass is 10.2. The number of hydrogen-bond acceptors (Lipinski definition) is 6. The standard InChI is InChI=1S/C17H23N5O2S/c1-12-11-25-16(21-12)9-20-17(23)19-8-14-3-4-15(18-7-14)22-5-6-24-13(2)10-22/h3-4,7,11,13H,5-6,8-10H2,1-2H3,(H2,19,20,23). The van der Waals surface area contributed by atoms with Gasteiger partial charge < -0.3 is 20.3 Å². The van der Waals surface area contributed by atoms with Crippen molar-refractivity contribution in [3.63, 3.8) is 0 Å². The molecule has 1 unspecified atom stereocenters. The van der Waals surface area contributed by atoms with Gasteiger partial charge in [-0.25, -0.2) is 14.8 Å². The van der Waals surface area contributed by atoms with E-state index >= 15 is 0 Å². The second kappa shape index (κ2) is 8.26. The zero-order chi connectivity index (χ0) is 17.6. The van der Waals surface area contributed by atoms with Gasteiger partial charge >= 0.3 is 6.03 Å². The molecule has 2 N–H and O–H groups in total. The summed E-state index contributed by atoms with van der Waals surface area (Å²) in [6.45, 7) is 7.32. The van der Waals surface area contributed by atoms with Crippen LogP contribution in [0.4, 0.5) is 10.6 Å². The Morgan fingerprint density at radius 2 is 2.24 bits per heavy atom. The van der Waals surface area contributed by atoms with Gasteiger partial charge in [-0.05, 0) is 25.5 Å². The molecule has 0 aromatic carbocycles. The van der Waals surface area contributed by atoms with Crippen molar-refractivity contribution in [3.8, 4) is 0 Å². The third-order valence-electron chi connectivity index (χ3n) is 3.89. The van der Waals surface area contributed by atoms with Gasteiger partial charge in [0.05, 0.1) is 19.3 Å². The Labute approximate surface area is 151 Å². The molecule has 1 aliphatic rings. The van der Waals surface area contributed by atoms with Gasteiger partial charge in [0.15, 0.2) is 0 Å². The summed E-state index contributed by atoms with van der Waals surface area (Å²) in [6.07, 6.45) is 2.03. The number of nitrogens with one attached hydrogen (secondary N) is 2. The summed E-state index contributed by atoms with van der Waals surface area (Å²) in [5, 5.41) is 8.51. The number of thiazole rings is 1. The fraction of sp³-hybridized carbons (Fsp3) is 0.471. The number of hydrogen-bond donors (Lipinski definition) is 2. The maximum absolute atomic E-state index is 11.9. The first-order chi connectivity index (χ1) is 12.1. The summed E-state index contributed by atoms with van der Waals surface area (Å²) in [7, 11) is 0. The van der Waals surface area contributed by atoms with Crippen molar-refractivity contribution in [2.45, 2.75) is 33.0 Å². The van der Waals surface area contributed by atoms with Crippen LogP contribution in [0.15, 0.2) is 23.7 Å². The van der Waals surface area contributed by atoms with Crippen molar-refractivity contribution < 1.29 is 9.53 Å². The second-order valence-electron chi connectivity index (χ2n) is 6.07. The topological polar surface area (TPSA) is 79.4 Å². The van der Waals surface area contributed by atoms with Gasteiger partial charge in [-0.15, -0.1) is 11.3 Å². The molecule has 3 heterocycles. The molecule has 2 aromatic rings. The van der Waals surface area contributed by atoms with Gasteiger partial charge in [-0.2, -0.15) is 0 Å². The monoisotopic (exact) mass is 361 g/mol. The van der Waals surface area contributed by atoms with E-state index in [0.717, 1.165) is 41.8 Å². The molecule has 3 rings (SSSR count). The molecule has 134 valence electrons. The van der Waals surface area contributed by atoms with Crippen LogP contribution in [0.25, 0.3) is 0 Å². The van der Waals surface area contributed by atoms with Crippen LogP contribution in [-0.2, 0) is 17.8 Å². The molecule has 2 aromatic heterocycles. The minimum absolute atomic E-state index is 0.209. The normalized spacial score (nSPS) is 17.4. The van der Waals surface area contributed by atoms with Crippen LogP contribution < -0.4 is 15.5 Å². The van der Waals surface area contributed by atoms with Crippen molar-refractivity contribution in [2.75, 3.05) is 24.6 Å². The highest BCUT2D eigenvalue weighted by atomic mass is 32.1. The number of pyridine rings is 1. The fourth-order valence-electron chi connectivity index (χ4n) is 2.62. The Kier molecular flexibility index (Phi) is 5.83. The van der Waals surface area contributed by atoms with E-state index in [1.54, 1.807) is 17.5 Å². The molecule has 0 bridgehead atoms. The summed E-state index contributed by atoms with van der Waals surface area (Å²) in [4.78, 5) is 22.9. The van der Waals surface area contributed by atoms with Gasteiger partial charge in [-0.3, -0.25) is 0 Å². The van der Waals surface area contributed by atoms with E-state index in [2.05, 4.69) is 32.4 Å². The minimum atomic E-state index is -0.209. The molecule has 2 amide bonds. The van der Waals surface area contributed by atoms with Crippen molar-refractivity contribution in [1.82, 2.24) is 20.6 Å². The van der Waals surface area contributed by atoms with Crippen LogP contribution in [0, 0.1) is 6.92 Å². The second-order valence-corrected chi connectivity index (χ2v) is 7.01. The largest absolute Gasteiger partial charge is 0.375 e. The van der Waals surface area contributed by atoms with Crippen LogP contribution in [0.1, 0.15) is 23.2 Å². The van der Waals surface area contributed by atoms with Crippen molar-refractivity contribution in [2.24, 2.45) is 0 Å². The van der Waals surface area contributed by atoms with Gasteiger partial charge in [0.25, 0.3) is 0 Å². The molecule has 25 heavy (non-hydrogen) atoms. The third-order valence-corrected chi connectivity index (χ3v) is 4.86. The smallest absolute Gasteiger partial charge is 0.315 e. The van der Waals surface area contributed by atoms with Crippen LogP contribution in [0.5, 0.6) is 0 Å². The van der Waals surface area contributed by atoms with E-state index < -0.39 is 0 Å². The lowest BCUT2D eigenvalue weighted by Crippen LogP contribution is -2.41. The summed E-state index contributed by atoms with van der Waals surface area (Å²) < 4.78 is 5.55. The Morgan fingerprint density at radius 1 is 1.40 bits per heavy atom. The SMILES string of the molecule is Cc1csc(CNC(=O)NCc2ccc(N3CCOC(C)C3)nc2)n1. The van der Waals surface area contributed by atoms with Crippen molar-refractivity contribution >= 4 is 23.2 Å². The third kappa shape index (κ3) is 5.14. The number of anilines is 1. The number of urea groups is 1. The highest BCUT2D eigenvalue weighted by molar-refractivity contribution is 7.09. The lowest BCUT2D eigenvalue weighted by molar-refractivity contribution is 0.0529. The number of aryl methyl sites for hydroxylation is 1. The first-order valence-electron chi connectivity index (χ1n) is 8.34. The predicted molar refractivity (Wildman–Crippen MR) is 97.8 cm³/mol. The van der Waals surface area contributed by atoms with Crippen LogP contribution in [0.3, 0.4) is 0 Å². The minimum Gasteiger partial charge on any atom is -0.375 e. The fourth-order valence-corrected chi connectivity index (χ4v) is 3.33. The van der Waals surface area contributed by atoms with Crippen molar-refractivity contribution in [1.29, 1.82) is 0 Å². The number of carbonyl (C=O) groups excluding carboxylic acids is 1. The number of nitrogens with zero attached hydrogens (tertiary/aromatic N) is 3. The quantitative estimate of drug-likeness (QED) is 0.852. The highest BCUT2D eigenvalue weighted by Crippen LogP contribution is 2.15. The van der Waals surface area contributed by atoms with Gasteiger partial charge in [0.1, 0.15) is 10.8 Å². The Hall–Kier alpha value is -2.19. The zero-order valence-corrected chi connectivity index (χ0v) is 15.3. The van der Waals surface area contributed by atoms with Gasteiger partial charge in [-0.1, -0.05) is 6.07 Å². The van der Waals surface area contributed by atoms with E-state index in [-0.39, 0.29) is 12.1 Å². The summed E-state index contributed by atoms with van der Waals surface area (Å²) >= 11 is 1.54. The van der Waals surface area contributed by atoms with Gasteiger partial charge in [0.2, 0.25) is 0 Å². The molecule has 1 atom stereocenters. The Balaban J connectivity index is 1.44. The van der Waals surface area contributed by atoms with E-state index in [1.165, 1.54) is 0 Å². The lowest BCUT2D eigenvalue weighted by Gasteiger charge is -2.32. The maximum atomic E-state index is 11.9. The number of morpholine rings is 1. The molecular formula is C17H23N5O2S. The van der Waals surface area contributed by atoms with E-state index in [0.29, 0.717) is 13.1 Å². The zero-order valence-electron chi connectivity index (χ0n) is 14.5. The van der Waals surface area contributed by atoms with E-state index in [9.17, 15) is 4.79 Å². The molecule has 0 aliphatic carbocycles. The van der Waals surface area contributed by atoms with E-state index in [4.69, 9.17) is 4.74 Å². The molecule has 0 saturated carbocycles. The molecule has 7 nitrogen and oxygen atoms in total. The van der Waals surface area contributed by atoms with Crippen LogP contribution >= 0.6 is 11.3 Å². The summed E-state index contributed by atoms with van der Waals surface area (Å²) in [5.41, 5.74) is 1.94. The molecule has 1 fully saturated rings. The first kappa shape index (κ1) is 17.6. The molecule has 1 aliphatic heterocycles. The molecule has 8 heteroatoms. The number of rotatable bonds is 5. The van der Waals surface area contributed by atoms with E-state index in [1.807, 2.05) is 24.4 Å². The Bertz CT molecular complexity index is 703. The van der Waals surface area contributed by atoms with Gasteiger partial charge in [0, 0.05) is 36.9 Å². The number of ether oxygens (including phenoxy) is 1. The van der Waals surface area contributed by atoms with Crippen LogP contribution in [0.2, 0.25) is 0 Å². The molecule has 0 spiro atoms. The number of amides is 2. The molecule has 1 saturated heterocycles. The maximum Gasteiger partial charge on any atom is 0.315 e.